The van der Waals surface area contributed by atoms with Gasteiger partial charge in [0.2, 0.25) is 0 Å². The maximum atomic E-state index is 11.6. The highest BCUT2D eigenvalue weighted by atomic mass is 16.1. The molecule has 0 radical (unpaired) electrons. The summed E-state index contributed by atoms with van der Waals surface area (Å²) in [6.07, 6.45) is 0. The second-order valence-electron chi connectivity index (χ2n) is 3.57. The molecule has 0 fully saturated rings. The summed E-state index contributed by atoms with van der Waals surface area (Å²) in [5, 5.41) is 3.29. The van der Waals surface area contributed by atoms with Gasteiger partial charge in [-0.15, -0.1) is 0 Å². The Hall–Kier alpha value is -1.55. The first-order chi connectivity index (χ1) is 6.86. The molecule has 0 bridgehead atoms. The molecule has 1 aromatic heterocycles. The van der Waals surface area contributed by atoms with E-state index in [1.54, 1.807) is 0 Å². The van der Waals surface area contributed by atoms with Crippen molar-refractivity contribution < 1.29 is 0 Å². The van der Waals surface area contributed by atoms with Gasteiger partial charge in [0.25, 0.3) is 0 Å². The van der Waals surface area contributed by atoms with Gasteiger partial charge in [-0.05, 0) is 11.6 Å². The van der Waals surface area contributed by atoms with Gasteiger partial charge in [-0.2, -0.15) is 0 Å². The fraction of sp³-hybridized carbons (Fsp3) is 0.300. The monoisotopic (exact) mass is 189 g/mol. The lowest BCUT2D eigenvalue weighted by Crippen LogP contribution is -2.22. The number of hydrogen-bond acceptors (Lipinski definition) is 2. The van der Waals surface area contributed by atoms with E-state index < -0.39 is 0 Å². The predicted molar refractivity (Wildman–Crippen MR) is 54.3 cm³/mol. The van der Waals surface area contributed by atoms with Gasteiger partial charge in [-0.25, -0.2) is 4.79 Å². The first-order valence-corrected chi connectivity index (χ1v) is 4.77. The largest absolute Gasteiger partial charge is 0.326 e. The molecule has 1 aliphatic heterocycles. The molecule has 4 nitrogen and oxygen atoms in total. The summed E-state index contributed by atoms with van der Waals surface area (Å²) in [4.78, 5) is 14.5. The molecule has 1 aliphatic rings. The van der Waals surface area contributed by atoms with E-state index in [0.29, 0.717) is 0 Å². The predicted octanol–water partition coefficient (Wildman–Crippen LogP) is 0.433. The zero-order valence-corrected chi connectivity index (χ0v) is 7.71. The van der Waals surface area contributed by atoms with E-state index in [1.165, 1.54) is 5.56 Å². The Morgan fingerprint density at radius 3 is 3.21 bits per heavy atom. The van der Waals surface area contributed by atoms with Crippen LogP contribution in [0.4, 0.5) is 0 Å². The van der Waals surface area contributed by atoms with Crippen LogP contribution in [0.5, 0.6) is 0 Å². The molecule has 0 atom stereocenters. The fourth-order valence-corrected chi connectivity index (χ4v) is 2.07. The molecule has 0 amide bonds. The van der Waals surface area contributed by atoms with Crippen molar-refractivity contribution in [2.45, 2.75) is 13.1 Å². The Kier molecular flexibility index (Phi) is 1.52. The highest BCUT2D eigenvalue weighted by molar-refractivity contribution is 5.79. The summed E-state index contributed by atoms with van der Waals surface area (Å²) in [5.74, 6) is 0. The van der Waals surface area contributed by atoms with Crippen LogP contribution in [0.15, 0.2) is 23.0 Å². The molecule has 2 aromatic rings. The summed E-state index contributed by atoms with van der Waals surface area (Å²) in [7, 11) is 0. The summed E-state index contributed by atoms with van der Waals surface area (Å²) in [5.41, 5.74) is 3.19. The van der Waals surface area contributed by atoms with Gasteiger partial charge >= 0.3 is 5.69 Å². The lowest BCUT2D eigenvalue weighted by molar-refractivity contribution is 0.618. The molecule has 3 rings (SSSR count). The van der Waals surface area contributed by atoms with Crippen molar-refractivity contribution in [3.8, 4) is 0 Å². The van der Waals surface area contributed by atoms with E-state index in [9.17, 15) is 4.79 Å². The standard InChI is InChI=1S/C10H11N3O/c14-10-12-8-3-1-2-7-6-11-4-5-13(10)9(7)8/h1-3,11H,4-6H2,(H,12,14). The average molecular weight is 189 g/mol. The number of para-hydroxylation sites is 1. The number of imidazole rings is 1. The normalized spacial score (nSPS) is 15.7. The van der Waals surface area contributed by atoms with Crippen LogP contribution in [-0.2, 0) is 13.1 Å². The van der Waals surface area contributed by atoms with Gasteiger partial charge in [-0.1, -0.05) is 12.1 Å². The minimum atomic E-state index is -0.00356. The molecule has 0 saturated heterocycles. The second-order valence-corrected chi connectivity index (χ2v) is 3.57. The van der Waals surface area contributed by atoms with Crippen LogP contribution in [0, 0.1) is 0 Å². The van der Waals surface area contributed by atoms with E-state index in [4.69, 9.17) is 0 Å². The van der Waals surface area contributed by atoms with Crippen LogP contribution in [0.1, 0.15) is 5.56 Å². The van der Waals surface area contributed by atoms with Crippen molar-refractivity contribution in [2.75, 3.05) is 6.54 Å². The molecule has 0 saturated carbocycles. The highest BCUT2D eigenvalue weighted by Gasteiger charge is 2.12. The lowest BCUT2D eigenvalue weighted by Gasteiger charge is -2.00. The van der Waals surface area contributed by atoms with Gasteiger partial charge in [0.05, 0.1) is 11.0 Å². The fourth-order valence-electron chi connectivity index (χ4n) is 2.07. The van der Waals surface area contributed by atoms with Crippen LogP contribution in [-0.4, -0.2) is 16.1 Å². The Bertz CT molecular complexity index is 538. The van der Waals surface area contributed by atoms with Crippen LogP contribution in [0.2, 0.25) is 0 Å². The van der Waals surface area contributed by atoms with Crippen molar-refractivity contribution in [2.24, 2.45) is 0 Å². The molecule has 0 spiro atoms. The number of nitrogens with zero attached hydrogens (tertiary/aromatic N) is 1. The van der Waals surface area contributed by atoms with Crippen molar-refractivity contribution >= 4 is 11.0 Å². The molecule has 1 aromatic carbocycles. The third kappa shape index (κ3) is 0.943. The number of benzene rings is 1. The van der Waals surface area contributed by atoms with Crippen molar-refractivity contribution in [3.05, 3.63) is 34.2 Å². The van der Waals surface area contributed by atoms with Crippen molar-refractivity contribution in [1.82, 2.24) is 14.9 Å². The molecule has 72 valence electrons. The molecule has 2 heterocycles. The van der Waals surface area contributed by atoms with Crippen LogP contribution < -0.4 is 11.0 Å². The zero-order chi connectivity index (χ0) is 9.54. The summed E-state index contributed by atoms with van der Waals surface area (Å²) in [6, 6.07) is 5.98. The SMILES string of the molecule is O=c1[nH]c2cccc3c2n1CCNC3. The summed E-state index contributed by atoms with van der Waals surface area (Å²) < 4.78 is 1.81. The average Bonchev–Trinajstić information content (AvgIpc) is 2.39. The van der Waals surface area contributed by atoms with Crippen LogP contribution in [0.25, 0.3) is 11.0 Å². The maximum absolute atomic E-state index is 11.6. The summed E-state index contributed by atoms with van der Waals surface area (Å²) >= 11 is 0. The van der Waals surface area contributed by atoms with E-state index in [1.807, 2.05) is 16.7 Å². The smallest absolute Gasteiger partial charge is 0.311 e. The first kappa shape index (κ1) is 7.82. The van der Waals surface area contributed by atoms with Gasteiger partial charge in [0.1, 0.15) is 0 Å². The Morgan fingerprint density at radius 1 is 1.36 bits per heavy atom. The Morgan fingerprint density at radius 2 is 2.29 bits per heavy atom. The maximum Gasteiger partial charge on any atom is 0.326 e. The van der Waals surface area contributed by atoms with E-state index in [2.05, 4.69) is 16.4 Å². The second kappa shape index (κ2) is 2.72. The van der Waals surface area contributed by atoms with E-state index >= 15 is 0 Å². The molecule has 14 heavy (non-hydrogen) atoms. The third-order valence-electron chi connectivity index (χ3n) is 2.70. The Labute approximate surface area is 80.6 Å². The Balaban J connectivity index is 2.48. The minimum absolute atomic E-state index is 0.00356. The number of nitrogens with one attached hydrogen (secondary N) is 2. The van der Waals surface area contributed by atoms with Gasteiger partial charge in [-0.3, -0.25) is 4.57 Å². The lowest BCUT2D eigenvalue weighted by atomic mass is 10.2. The quantitative estimate of drug-likeness (QED) is 0.631. The number of rotatable bonds is 0. The van der Waals surface area contributed by atoms with Crippen molar-refractivity contribution in [1.29, 1.82) is 0 Å². The number of H-pyrrole nitrogens is 1. The van der Waals surface area contributed by atoms with Gasteiger partial charge in [0, 0.05) is 19.6 Å². The minimum Gasteiger partial charge on any atom is -0.311 e. The number of aromatic nitrogens is 2. The zero-order valence-electron chi connectivity index (χ0n) is 7.71. The van der Waals surface area contributed by atoms with Gasteiger partial charge in [0.15, 0.2) is 0 Å². The van der Waals surface area contributed by atoms with Crippen LogP contribution >= 0.6 is 0 Å². The highest BCUT2D eigenvalue weighted by Crippen LogP contribution is 2.17. The number of aromatic amines is 1. The molecular formula is C10H11N3O. The third-order valence-corrected chi connectivity index (χ3v) is 2.70. The topological polar surface area (TPSA) is 49.8 Å². The van der Waals surface area contributed by atoms with Gasteiger partial charge < -0.3 is 10.3 Å². The molecule has 4 heteroatoms. The first-order valence-electron chi connectivity index (χ1n) is 4.77. The van der Waals surface area contributed by atoms with E-state index in [0.717, 1.165) is 30.7 Å². The molecular weight excluding hydrogens is 178 g/mol. The van der Waals surface area contributed by atoms with E-state index in [-0.39, 0.29) is 5.69 Å². The number of hydrogen-bond donors (Lipinski definition) is 2. The van der Waals surface area contributed by atoms with Crippen molar-refractivity contribution in [3.63, 3.8) is 0 Å². The molecule has 2 N–H and O–H groups in total. The molecule has 0 aliphatic carbocycles. The molecule has 0 unspecified atom stereocenters. The van der Waals surface area contributed by atoms with Crippen LogP contribution in [0.3, 0.4) is 0 Å². The summed E-state index contributed by atoms with van der Waals surface area (Å²) in [6.45, 7) is 2.44.